The Morgan fingerprint density at radius 2 is 1.94 bits per heavy atom. The average molecular weight is 272 g/mol. The van der Waals surface area contributed by atoms with Gasteiger partial charge in [-0.1, -0.05) is 0 Å². The summed E-state index contributed by atoms with van der Waals surface area (Å²) in [6.45, 7) is -1.88. The van der Waals surface area contributed by atoms with E-state index in [1.807, 2.05) is 0 Å². The molecule has 1 saturated heterocycles. The zero-order chi connectivity index (χ0) is 12.1. The number of aliphatic carboxylic acids is 1. The number of aliphatic hydroxyl groups excluding tert-OH is 1. The van der Waals surface area contributed by atoms with Crippen LogP contribution in [-0.4, -0.2) is 60.4 Å². The summed E-state index contributed by atoms with van der Waals surface area (Å²) < 4.78 is 8.93. The van der Waals surface area contributed by atoms with Gasteiger partial charge in [-0.15, -0.1) is 0 Å². The Morgan fingerprint density at radius 3 is 2.50 bits per heavy atom. The average Bonchev–Trinajstić information content (AvgIpc) is 2.16. The minimum atomic E-state index is -1.53. The van der Waals surface area contributed by atoms with Crippen molar-refractivity contribution in [2.45, 2.75) is 6.29 Å². The first-order chi connectivity index (χ1) is 7.47. The summed E-state index contributed by atoms with van der Waals surface area (Å²) in [4.78, 5) is 33.5. The Bertz CT molecular complexity index is 312. The molecule has 1 fully saturated rings. The second kappa shape index (κ2) is 9.25. The zero-order valence-electron chi connectivity index (χ0n) is 9.96. The number of cyclic esters (lactones) is 2. The molecule has 0 aromatic heterocycles. The predicted octanol–water partition coefficient (Wildman–Crippen LogP) is -6.38. The Morgan fingerprint density at radius 1 is 1.39 bits per heavy atom. The Labute approximate surface area is 125 Å². The Balaban J connectivity index is 0. The third kappa shape index (κ3) is 7.58. The molecule has 1 heterocycles. The van der Waals surface area contributed by atoms with Gasteiger partial charge in [0.2, 0.25) is 6.29 Å². The van der Waals surface area contributed by atoms with Crippen LogP contribution in [0.2, 0.25) is 0 Å². The third-order valence-electron chi connectivity index (χ3n) is 1.71. The monoisotopic (exact) mass is 272 g/mol. The van der Waals surface area contributed by atoms with Crippen LogP contribution in [0.4, 0.5) is 0 Å². The van der Waals surface area contributed by atoms with E-state index >= 15 is 0 Å². The van der Waals surface area contributed by atoms with Crippen molar-refractivity contribution in [3.8, 4) is 0 Å². The topological polar surface area (TPSA) is 151 Å². The van der Waals surface area contributed by atoms with E-state index in [4.69, 9.17) is 5.11 Å². The van der Waals surface area contributed by atoms with Gasteiger partial charge in [0.1, 0.15) is 0 Å². The first-order valence-electron chi connectivity index (χ1n) is 4.42. The molecular weight excluding hydrogens is 259 g/mol. The van der Waals surface area contributed by atoms with Crippen LogP contribution in [0.15, 0.2) is 0 Å². The van der Waals surface area contributed by atoms with E-state index in [0.717, 1.165) is 4.90 Å². The zero-order valence-corrected chi connectivity index (χ0v) is 12.0. The normalized spacial score (nSPS) is 21.1. The standard InChI is InChI=1S/C8H11NO7.H3N.Na/c10-5(11)1-9-2-6(12)15-4-8(14)16-7(13)3-9;;/h8,14H,1-4H2,(H,10,11);1H3;/q;;+1/p-1. The number of nitrogens with zero attached hydrogens (tertiary/aromatic N) is 1. The molecule has 1 atom stereocenters. The van der Waals surface area contributed by atoms with Crippen LogP contribution < -0.4 is 40.8 Å². The molecule has 0 aromatic rings. The van der Waals surface area contributed by atoms with E-state index in [2.05, 4.69) is 9.47 Å². The summed E-state index contributed by atoms with van der Waals surface area (Å²) in [5.74, 6) is -3.02. The van der Waals surface area contributed by atoms with E-state index in [1.165, 1.54) is 0 Å². The quantitative estimate of drug-likeness (QED) is 0.369. The first-order valence-corrected chi connectivity index (χ1v) is 4.42. The van der Waals surface area contributed by atoms with E-state index in [-0.39, 0.29) is 42.3 Å². The molecule has 0 bridgehead atoms. The van der Waals surface area contributed by atoms with Gasteiger partial charge in [-0.3, -0.25) is 14.5 Å². The molecule has 9 nitrogen and oxygen atoms in total. The molecule has 0 amide bonds. The van der Waals surface area contributed by atoms with Crippen molar-refractivity contribution in [3.63, 3.8) is 0 Å². The number of carbonyl (C=O) groups excluding carboxylic acids is 3. The number of carboxylic acids is 1. The van der Waals surface area contributed by atoms with Gasteiger partial charge in [0.05, 0.1) is 19.1 Å². The maximum atomic E-state index is 11.1. The maximum absolute atomic E-state index is 11.1. The molecule has 10 heteroatoms. The molecular formula is C8H13N2NaO7. The summed E-state index contributed by atoms with van der Waals surface area (Å²) in [6.07, 6.45) is -1.53. The molecule has 0 saturated carbocycles. The van der Waals surface area contributed by atoms with Crippen LogP contribution in [0, 0.1) is 0 Å². The molecule has 1 aliphatic heterocycles. The summed E-state index contributed by atoms with van der Waals surface area (Å²) in [5.41, 5.74) is 0. The van der Waals surface area contributed by atoms with Gasteiger partial charge < -0.3 is 30.6 Å². The number of carboxylic acid groups (broad SMARTS) is 1. The van der Waals surface area contributed by atoms with Gasteiger partial charge in [0.25, 0.3) is 0 Å². The maximum Gasteiger partial charge on any atom is 1.00 e. The van der Waals surface area contributed by atoms with Crippen molar-refractivity contribution < 1.29 is 63.6 Å². The van der Waals surface area contributed by atoms with E-state index in [0.29, 0.717) is 0 Å². The molecule has 0 radical (unpaired) electrons. The van der Waals surface area contributed by atoms with Crippen LogP contribution in [0.5, 0.6) is 0 Å². The molecule has 0 spiro atoms. The van der Waals surface area contributed by atoms with Crippen LogP contribution in [0.3, 0.4) is 0 Å². The van der Waals surface area contributed by atoms with Crippen molar-refractivity contribution in [1.29, 1.82) is 0 Å². The number of carbonyl (C=O) groups is 3. The van der Waals surface area contributed by atoms with E-state index < -0.39 is 43.9 Å². The largest absolute Gasteiger partial charge is 1.00 e. The number of hydrogen-bond acceptors (Lipinski definition) is 9. The van der Waals surface area contributed by atoms with Crippen LogP contribution in [-0.2, 0) is 23.9 Å². The molecule has 1 rings (SSSR count). The smallest absolute Gasteiger partial charge is 0.549 e. The fraction of sp³-hybridized carbons (Fsp3) is 0.625. The second-order valence-electron chi connectivity index (χ2n) is 3.14. The number of hydrogen-bond donors (Lipinski definition) is 2. The molecule has 0 aliphatic carbocycles. The Hall–Kier alpha value is -0.710. The number of rotatable bonds is 2. The van der Waals surface area contributed by atoms with Crippen LogP contribution >= 0.6 is 0 Å². The summed E-state index contributed by atoms with van der Waals surface area (Å²) >= 11 is 0. The van der Waals surface area contributed by atoms with Crippen molar-refractivity contribution in [1.82, 2.24) is 11.1 Å². The summed E-state index contributed by atoms with van der Waals surface area (Å²) in [7, 11) is 0. The van der Waals surface area contributed by atoms with Crippen LogP contribution in [0.25, 0.3) is 0 Å². The molecule has 1 unspecified atom stereocenters. The molecule has 1 aliphatic rings. The van der Waals surface area contributed by atoms with Crippen LogP contribution in [0.1, 0.15) is 0 Å². The van der Waals surface area contributed by atoms with Gasteiger partial charge in [-0.05, 0) is 0 Å². The summed E-state index contributed by atoms with van der Waals surface area (Å²) in [5, 5.41) is 19.4. The van der Waals surface area contributed by atoms with Gasteiger partial charge in [0.15, 0.2) is 6.61 Å². The first kappa shape index (κ1) is 19.6. The fourth-order valence-electron chi connectivity index (χ4n) is 1.15. The molecule has 0 aromatic carbocycles. The SMILES string of the molecule is N.O=C([O-])CN1CC(=O)OCC(O)OC(=O)C1.[Na+]. The Kier molecular flexibility index (Phi) is 10.1. The van der Waals surface area contributed by atoms with Gasteiger partial charge >= 0.3 is 41.5 Å². The predicted molar refractivity (Wildman–Crippen MR) is 49.5 cm³/mol. The summed E-state index contributed by atoms with van der Waals surface area (Å²) in [6, 6.07) is 0. The van der Waals surface area contributed by atoms with E-state index in [1.54, 1.807) is 0 Å². The van der Waals surface area contributed by atoms with Crippen molar-refractivity contribution in [2.75, 3.05) is 26.2 Å². The second-order valence-corrected chi connectivity index (χ2v) is 3.14. The van der Waals surface area contributed by atoms with Crippen molar-refractivity contribution in [2.24, 2.45) is 0 Å². The molecule has 18 heavy (non-hydrogen) atoms. The number of aliphatic hydroxyl groups is 1. The van der Waals surface area contributed by atoms with Crippen molar-refractivity contribution >= 4 is 17.9 Å². The minimum Gasteiger partial charge on any atom is -0.549 e. The third-order valence-corrected chi connectivity index (χ3v) is 1.71. The van der Waals surface area contributed by atoms with Gasteiger partial charge in [-0.2, -0.15) is 0 Å². The van der Waals surface area contributed by atoms with E-state index in [9.17, 15) is 19.5 Å². The fourth-order valence-corrected chi connectivity index (χ4v) is 1.15. The number of ether oxygens (including phenoxy) is 2. The molecule has 98 valence electrons. The number of esters is 2. The van der Waals surface area contributed by atoms with Gasteiger partial charge in [0, 0.05) is 6.54 Å². The minimum absolute atomic E-state index is 0. The van der Waals surface area contributed by atoms with Crippen molar-refractivity contribution in [3.05, 3.63) is 0 Å². The van der Waals surface area contributed by atoms with Gasteiger partial charge in [-0.25, -0.2) is 0 Å². The molecule has 4 N–H and O–H groups in total.